The fourth-order valence-corrected chi connectivity index (χ4v) is 4.20. The van der Waals surface area contributed by atoms with E-state index in [0.717, 1.165) is 37.1 Å². The van der Waals surface area contributed by atoms with Crippen molar-refractivity contribution < 1.29 is 30.9 Å². The Hall–Kier alpha value is -3.33. The molecule has 1 saturated carbocycles. The van der Waals surface area contributed by atoms with Crippen LogP contribution in [-0.2, 0) is 28.0 Å². The minimum absolute atomic E-state index is 0.0118. The van der Waals surface area contributed by atoms with Gasteiger partial charge in [0.15, 0.2) is 11.5 Å². The maximum atomic E-state index is 13.2. The molecule has 7 nitrogen and oxygen atoms in total. The molecular formula is C23H22FNO6S. The molecule has 32 heavy (non-hydrogen) atoms. The third-order valence-corrected chi connectivity index (χ3v) is 6.32. The molecule has 0 aliphatic heterocycles. The third-order valence-electron chi connectivity index (χ3n) is 5.07. The molecule has 0 N–H and O–H groups in total. The Morgan fingerprint density at radius 2 is 1.84 bits per heavy atom. The van der Waals surface area contributed by atoms with Gasteiger partial charge in [-0.1, -0.05) is 6.07 Å². The Morgan fingerprint density at radius 1 is 1.09 bits per heavy atom. The van der Waals surface area contributed by atoms with Crippen LogP contribution in [-0.4, -0.2) is 26.3 Å². The lowest BCUT2D eigenvalue weighted by Crippen LogP contribution is -2.31. The molecule has 4 rings (SSSR count). The van der Waals surface area contributed by atoms with Gasteiger partial charge in [0.25, 0.3) is 0 Å². The van der Waals surface area contributed by atoms with Crippen LogP contribution >= 0.6 is 0 Å². The Kier molecular flexibility index (Phi) is 6.18. The van der Waals surface area contributed by atoms with Crippen molar-refractivity contribution in [3.63, 3.8) is 0 Å². The summed E-state index contributed by atoms with van der Waals surface area (Å²) >= 11 is 0. The first kappa shape index (κ1) is 21.9. The summed E-state index contributed by atoms with van der Waals surface area (Å²) in [5.74, 6) is 0.330. The number of ether oxygens (including phenoxy) is 1. The summed E-state index contributed by atoms with van der Waals surface area (Å²) in [7, 11) is -2.82. The number of hydrogen-bond donors (Lipinski definition) is 0. The van der Waals surface area contributed by atoms with Gasteiger partial charge in [-0.25, -0.2) is 4.39 Å². The number of furan rings is 1. The predicted octanol–water partition coefficient (Wildman–Crippen LogP) is 4.13. The topological polar surface area (TPSA) is 86.0 Å². The van der Waals surface area contributed by atoms with E-state index in [2.05, 4.69) is 0 Å². The van der Waals surface area contributed by atoms with Gasteiger partial charge in [-0.05, 0) is 66.9 Å². The van der Waals surface area contributed by atoms with Gasteiger partial charge in [0, 0.05) is 12.5 Å². The lowest BCUT2D eigenvalue weighted by molar-refractivity contribution is -0.134. The molecule has 1 heterocycles. The Morgan fingerprint density at radius 3 is 2.47 bits per heavy atom. The van der Waals surface area contributed by atoms with E-state index in [0.29, 0.717) is 17.9 Å². The zero-order chi connectivity index (χ0) is 22.7. The van der Waals surface area contributed by atoms with Crippen LogP contribution in [0, 0.1) is 11.7 Å². The van der Waals surface area contributed by atoms with E-state index in [9.17, 15) is 17.6 Å². The van der Waals surface area contributed by atoms with Crippen LogP contribution in [0.15, 0.2) is 70.2 Å². The molecule has 3 aromatic rings. The van der Waals surface area contributed by atoms with Crippen molar-refractivity contribution in [1.82, 2.24) is 4.90 Å². The van der Waals surface area contributed by atoms with Gasteiger partial charge in [0.2, 0.25) is 5.91 Å². The molecule has 0 saturated heterocycles. The number of rotatable bonds is 9. The minimum Gasteiger partial charge on any atom is -0.493 e. The van der Waals surface area contributed by atoms with Crippen LogP contribution in [0.3, 0.4) is 0 Å². The molecule has 0 radical (unpaired) electrons. The third kappa shape index (κ3) is 5.11. The number of carbonyl (C=O) groups is 1. The molecule has 168 valence electrons. The zero-order valence-electron chi connectivity index (χ0n) is 17.4. The van der Waals surface area contributed by atoms with Crippen molar-refractivity contribution in [3.05, 3.63) is 78.0 Å². The summed E-state index contributed by atoms with van der Waals surface area (Å²) in [5.41, 5.74) is 0.663. The second kappa shape index (κ2) is 9.04. The fraction of sp³-hybridized carbons (Fsp3) is 0.261. The number of hydrogen-bond acceptors (Lipinski definition) is 6. The molecule has 9 heteroatoms. The molecule has 0 bridgehead atoms. The highest BCUT2D eigenvalue weighted by molar-refractivity contribution is 7.87. The van der Waals surface area contributed by atoms with Crippen molar-refractivity contribution in [2.75, 3.05) is 7.11 Å². The van der Waals surface area contributed by atoms with Crippen LogP contribution in [0.4, 0.5) is 4.39 Å². The van der Waals surface area contributed by atoms with Crippen molar-refractivity contribution in [1.29, 1.82) is 0 Å². The van der Waals surface area contributed by atoms with E-state index in [1.165, 1.54) is 13.2 Å². The summed E-state index contributed by atoms with van der Waals surface area (Å²) in [5, 5.41) is 0. The smallest absolute Gasteiger partial charge is 0.339 e. The quantitative estimate of drug-likeness (QED) is 0.447. The van der Waals surface area contributed by atoms with Gasteiger partial charge in [-0.15, -0.1) is 0 Å². The molecule has 1 amide bonds. The number of benzene rings is 2. The minimum atomic E-state index is -4.21. The second-order valence-electron chi connectivity index (χ2n) is 7.52. The van der Waals surface area contributed by atoms with Crippen LogP contribution in [0.1, 0.15) is 24.2 Å². The number of nitrogens with zero attached hydrogens (tertiary/aromatic N) is 1. The molecule has 1 aliphatic rings. The van der Waals surface area contributed by atoms with E-state index in [-0.39, 0.29) is 34.8 Å². The predicted molar refractivity (Wildman–Crippen MR) is 113 cm³/mol. The number of carbonyl (C=O) groups excluding carboxylic acids is 1. The summed E-state index contributed by atoms with van der Waals surface area (Å²) in [4.78, 5) is 14.3. The maximum absolute atomic E-state index is 13.2. The molecule has 2 aromatic carbocycles. The van der Waals surface area contributed by atoms with Crippen molar-refractivity contribution >= 4 is 16.0 Å². The Bertz CT molecular complexity index is 1190. The van der Waals surface area contributed by atoms with E-state index < -0.39 is 15.9 Å². The average molecular weight is 459 g/mol. The molecule has 1 aromatic heterocycles. The van der Waals surface area contributed by atoms with Crippen LogP contribution in [0.2, 0.25) is 0 Å². The standard InChI is InChI=1S/C23H22FNO6S/c1-29-21-11-4-16(13-22(21)31-32(27,28)20-9-7-18(24)8-10-20)14-25(23(26)17-5-6-17)15-19-3-2-12-30-19/h2-4,7-13,17H,5-6,14-15H2,1H3. The van der Waals surface area contributed by atoms with Gasteiger partial charge in [-0.2, -0.15) is 8.42 Å². The summed E-state index contributed by atoms with van der Waals surface area (Å²) in [6.45, 7) is 0.547. The first-order valence-electron chi connectivity index (χ1n) is 10.0. The van der Waals surface area contributed by atoms with E-state index >= 15 is 0 Å². The number of halogens is 1. The first-order chi connectivity index (χ1) is 15.4. The lowest BCUT2D eigenvalue weighted by Gasteiger charge is -2.22. The molecule has 1 fully saturated rings. The van der Waals surface area contributed by atoms with Crippen molar-refractivity contribution in [3.8, 4) is 11.5 Å². The molecular weight excluding hydrogens is 437 g/mol. The summed E-state index contributed by atoms with van der Waals surface area (Å²) in [6.07, 6.45) is 3.27. The maximum Gasteiger partial charge on any atom is 0.339 e. The second-order valence-corrected chi connectivity index (χ2v) is 9.07. The summed E-state index contributed by atoms with van der Waals surface area (Å²) in [6, 6.07) is 12.7. The summed E-state index contributed by atoms with van der Waals surface area (Å²) < 4.78 is 54.4. The van der Waals surface area contributed by atoms with Gasteiger partial charge >= 0.3 is 10.1 Å². The van der Waals surface area contributed by atoms with Crippen LogP contribution in [0.5, 0.6) is 11.5 Å². The Balaban J connectivity index is 1.58. The van der Waals surface area contributed by atoms with Gasteiger partial charge in [0.05, 0.1) is 19.9 Å². The highest BCUT2D eigenvalue weighted by Crippen LogP contribution is 2.34. The van der Waals surface area contributed by atoms with Crippen LogP contribution < -0.4 is 8.92 Å². The highest BCUT2D eigenvalue weighted by atomic mass is 32.2. The van der Waals surface area contributed by atoms with Crippen LogP contribution in [0.25, 0.3) is 0 Å². The largest absolute Gasteiger partial charge is 0.493 e. The first-order valence-corrected chi connectivity index (χ1v) is 11.4. The average Bonchev–Trinajstić information content (AvgIpc) is 3.49. The monoisotopic (exact) mass is 459 g/mol. The van der Waals surface area contributed by atoms with Gasteiger partial charge < -0.3 is 18.2 Å². The van der Waals surface area contributed by atoms with Crippen molar-refractivity contribution in [2.45, 2.75) is 30.8 Å². The molecule has 0 atom stereocenters. The normalized spacial score (nSPS) is 13.6. The van der Waals surface area contributed by atoms with E-state index in [1.54, 1.807) is 35.4 Å². The number of amides is 1. The van der Waals surface area contributed by atoms with E-state index in [4.69, 9.17) is 13.3 Å². The van der Waals surface area contributed by atoms with Gasteiger partial charge in [0.1, 0.15) is 16.5 Å². The molecule has 1 aliphatic carbocycles. The SMILES string of the molecule is COc1ccc(CN(Cc2ccco2)C(=O)C2CC2)cc1OS(=O)(=O)c1ccc(F)cc1. The van der Waals surface area contributed by atoms with E-state index in [1.807, 2.05) is 0 Å². The number of methoxy groups -OCH3 is 1. The fourth-order valence-electron chi connectivity index (χ4n) is 3.26. The molecule has 0 unspecified atom stereocenters. The lowest BCUT2D eigenvalue weighted by atomic mass is 10.1. The zero-order valence-corrected chi connectivity index (χ0v) is 18.2. The van der Waals surface area contributed by atoms with Gasteiger partial charge in [-0.3, -0.25) is 4.79 Å². The Labute approximate surface area is 185 Å². The van der Waals surface area contributed by atoms with Crippen molar-refractivity contribution in [2.24, 2.45) is 5.92 Å². The molecule has 0 spiro atoms. The highest BCUT2D eigenvalue weighted by Gasteiger charge is 2.34.